The van der Waals surface area contributed by atoms with Gasteiger partial charge in [0.25, 0.3) is 0 Å². The van der Waals surface area contributed by atoms with Crippen LogP contribution in [0.5, 0.6) is 0 Å². The molecule has 1 aromatic rings. The number of rotatable bonds is 8. The molecule has 114 valence electrons. The van der Waals surface area contributed by atoms with E-state index in [0.717, 1.165) is 31.4 Å². The van der Waals surface area contributed by atoms with Crippen molar-refractivity contribution < 1.29 is 4.39 Å². The van der Waals surface area contributed by atoms with Crippen LogP contribution in [0.25, 0.3) is 0 Å². The van der Waals surface area contributed by atoms with Gasteiger partial charge in [-0.05, 0) is 51.5 Å². The molecule has 0 fully saturated rings. The smallest absolute Gasteiger partial charge is 0.126 e. The standard InChI is InChI=1S/C17H29FN2/c1-6-17(7-2,20(4)5)16(19-8-3)13-14-11-9-10-12-15(14)18/h9-12,16,19H,6-8,13H2,1-5H3. The molecule has 20 heavy (non-hydrogen) atoms. The van der Waals surface area contributed by atoms with Crippen molar-refractivity contribution in [3.05, 3.63) is 35.6 Å². The van der Waals surface area contributed by atoms with Gasteiger partial charge in [-0.25, -0.2) is 4.39 Å². The molecular formula is C17H29FN2. The van der Waals surface area contributed by atoms with Gasteiger partial charge in [0.05, 0.1) is 0 Å². The molecule has 0 aliphatic heterocycles. The molecule has 0 aliphatic rings. The van der Waals surface area contributed by atoms with Gasteiger partial charge in [-0.15, -0.1) is 0 Å². The lowest BCUT2D eigenvalue weighted by atomic mass is 9.80. The molecule has 0 saturated heterocycles. The van der Waals surface area contributed by atoms with E-state index < -0.39 is 0 Å². The van der Waals surface area contributed by atoms with Gasteiger partial charge in [0.15, 0.2) is 0 Å². The molecule has 1 atom stereocenters. The molecular weight excluding hydrogens is 251 g/mol. The summed E-state index contributed by atoms with van der Waals surface area (Å²) in [5.74, 6) is -0.102. The fraction of sp³-hybridized carbons (Fsp3) is 0.647. The molecule has 0 spiro atoms. The third kappa shape index (κ3) is 3.58. The summed E-state index contributed by atoms with van der Waals surface area (Å²) in [6, 6.07) is 7.35. The van der Waals surface area contributed by atoms with Crippen LogP contribution in [0.15, 0.2) is 24.3 Å². The molecule has 0 amide bonds. The zero-order valence-electron chi connectivity index (χ0n) is 13.5. The average Bonchev–Trinajstić information content (AvgIpc) is 2.43. The SMILES string of the molecule is CCNC(Cc1ccccc1F)C(CC)(CC)N(C)C. The first kappa shape index (κ1) is 17.1. The molecule has 0 bridgehead atoms. The zero-order valence-corrected chi connectivity index (χ0v) is 13.5. The maximum atomic E-state index is 13.9. The van der Waals surface area contributed by atoms with Gasteiger partial charge >= 0.3 is 0 Å². The Kier molecular flexibility index (Phi) is 6.63. The van der Waals surface area contributed by atoms with E-state index in [1.165, 1.54) is 0 Å². The van der Waals surface area contributed by atoms with E-state index in [-0.39, 0.29) is 17.4 Å². The van der Waals surface area contributed by atoms with Gasteiger partial charge in [0.2, 0.25) is 0 Å². The van der Waals surface area contributed by atoms with E-state index in [4.69, 9.17) is 0 Å². The maximum absolute atomic E-state index is 13.9. The largest absolute Gasteiger partial charge is 0.312 e. The Morgan fingerprint density at radius 2 is 1.75 bits per heavy atom. The van der Waals surface area contributed by atoms with Crippen molar-refractivity contribution in [1.29, 1.82) is 0 Å². The van der Waals surface area contributed by atoms with Crippen molar-refractivity contribution in [3.63, 3.8) is 0 Å². The number of halogens is 1. The highest BCUT2D eigenvalue weighted by Crippen LogP contribution is 2.28. The van der Waals surface area contributed by atoms with Crippen LogP contribution >= 0.6 is 0 Å². The van der Waals surface area contributed by atoms with E-state index in [1.807, 2.05) is 12.1 Å². The Bertz CT molecular complexity index is 400. The summed E-state index contributed by atoms with van der Waals surface area (Å²) in [6.45, 7) is 7.44. The maximum Gasteiger partial charge on any atom is 0.126 e. The predicted molar refractivity (Wildman–Crippen MR) is 84.6 cm³/mol. The van der Waals surface area contributed by atoms with Gasteiger partial charge < -0.3 is 10.2 Å². The minimum atomic E-state index is -0.102. The summed E-state index contributed by atoms with van der Waals surface area (Å²) in [6.07, 6.45) is 2.81. The van der Waals surface area contributed by atoms with E-state index in [1.54, 1.807) is 12.1 Å². The van der Waals surface area contributed by atoms with Crippen LogP contribution < -0.4 is 5.32 Å². The van der Waals surface area contributed by atoms with Crippen LogP contribution in [0, 0.1) is 5.82 Å². The normalized spacial score (nSPS) is 13.8. The van der Waals surface area contributed by atoms with Gasteiger partial charge in [0.1, 0.15) is 5.82 Å². The van der Waals surface area contributed by atoms with Gasteiger partial charge in [-0.2, -0.15) is 0 Å². The number of nitrogens with zero attached hydrogens (tertiary/aromatic N) is 1. The van der Waals surface area contributed by atoms with Gasteiger partial charge in [-0.1, -0.05) is 39.0 Å². The predicted octanol–water partition coefficient (Wildman–Crippen LogP) is 3.47. The third-order valence-electron chi connectivity index (χ3n) is 4.60. The monoisotopic (exact) mass is 280 g/mol. The van der Waals surface area contributed by atoms with Crippen LogP contribution in [-0.4, -0.2) is 37.1 Å². The summed E-state index contributed by atoms with van der Waals surface area (Å²) in [4.78, 5) is 2.29. The van der Waals surface area contributed by atoms with Crippen molar-refractivity contribution in [2.24, 2.45) is 0 Å². The second-order valence-corrected chi connectivity index (χ2v) is 5.61. The number of hydrogen-bond donors (Lipinski definition) is 1. The summed E-state index contributed by atoms with van der Waals surface area (Å²) < 4.78 is 13.9. The summed E-state index contributed by atoms with van der Waals surface area (Å²) in [5, 5.41) is 3.57. The summed E-state index contributed by atoms with van der Waals surface area (Å²) in [5.41, 5.74) is 0.852. The van der Waals surface area contributed by atoms with E-state index in [2.05, 4.69) is 45.1 Å². The molecule has 2 nitrogen and oxygen atoms in total. The van der Waals surface area contributed by atoms with Crippen molar-refractivity contribution in [2.45, 2.75) is 51.6 Å². The van der Waals surface area contributed by atoms with Crippen molar-refractivity contribution in [1.82, 2.24) is 10.2 Å². The van der Waals surface area contributed by atoms with E-state index in [9.17, 15) is 4.39 Å². The highest BCUT2D eigenvalue weighted by atomic mass is 19.1. The molecule has 3 heteroatoms. The molecule has 1 rings (SSSR count). The molecule has 0 aliphatic carbocycles. The minimum Gasteiger partial charge on any atom is -0.312 e. The van der Waals surface area contributed by atoms with Crippen molar-refractivity contribution >= 4 is 0 Å². The highest BCUT2D eigenvalue weighted by Gasteiger charge is 2.37. The second kappa shape index (κ2) is 7.75. The minimum absolute atomic E-state index is 0.0539. The van der Waals surface area contributed by atoms with Crippen LogP contribution in [0.1, 0.15) is 39.2 Å². The fourth-order valence-electron chi connectivity index (χ4n) is 3.27. The zero-order chi connectivity index (χ0) is 15.2. The molecule has 0 aromatic heterocycles. The molecule has 0 radical (unpaired) electrons. The number of hydrogen-bond acceptors (Lipinski definition) is 2. The Morgan fingerprint density at radius 3 is 2.20 bits per heavy atom. The number of nitrogens with one attached hydrogen (secondary N) is 1. The molecule has 1 unspecified atom stereocenters. The van der Waals surface area contributed by atoms with Gasteiger partial charge in [0, 0.05) is 11.6 Å². The summed E-state index contributed by atoms with van der Waals surface area (Å²) in [7, 11) is 4.25. The van der Waals surface area contributed by atoms with Crippen molar-refractivity contribution in [3.8, 4) is 0 Å². The lowest BCUT2D eigenvalue weighted by Crippen LogP contribution is -2.59. The Hall–Kier alpha value is -0.930. The number of benzene rings is 1. The molecule has 1 N–H and O–H groups in total. The van der Waals surface area contributed by atoms with Crippen LogP contribution in [0.4, 0.5) is 4.39 Å². The van der Waals surface area contributed by atoms with Crippen molar-refractivity contribution in [2.75, 3.05) is 20.6 Å². The lowest BCUT2D eigenvalue weighted by molar-refractivity contribution is 0.0885. The first-order valence-electron chi connectivity index (χ1n) is 7.66. The fourth-order valence-corrected chi connectivity index (χ4v) is 3.27. The van der Waals surface area contributed by atoms with E-state index >= 15 is 0 Å². The molecule has 1 aromatic carbocycles. The van der Waals surface area contributed by atoms with Crippen LogP contribution in [0.2, 0.25) is 0 Å². The first-order valence-corrected chi connectivity index (χ1v) is 7.66. The topological polar surface area (TPSA) is 15.3 Å². The Labute approximate surface area is 123 Å². The summed E-state index contributed by atoms with van der Waals surface area (Å²) >= 11 is 0. The van der Waals surface area contributed by atoms with Crippen LogP contribution in [-0.2, 0) is 6.42 Å². The Morgan fingerprint density at radius 1 is 1.15 bits per heavy atom. The first-order chi connectivity index (χ1) is 9.51. The second-order valence-electron chi connectivity index (χ2n) is 5.61. The average molecular weight is 280 g/mol. The quantitative estimate of drug-likeness (QED) is 0.784. The van der Waals surface area contributed by atoms with Gasteiger partial charge in [-0.3, -0.25) is 0 Å². The Balaban J connectivity index is 3.06. The molecule has 0 saturated carbocycles. The van der Waals surface area contributed by atoms with Crippen LogP contribution in [0.3, 0.4) is 0 Å². The third-order valence-corrected chi connectivity index (χ3v) is 4.60. The lowest BCUT2D eigenvalue weighted by Gasteiger charge is -2.45. The highest BCUT2D eigenvalue weighted by molar-refractivity contribution is 5.20. The number of likely N-dealkylation sites (N-methyl/N-ethyl adjacent to an activating group) is 2. The van der Waals surface area contributed by atoms with E-state index in [0.29, 0.717) is 0 Å². The molecule has 0 heterocycles.